The van der Waals surface area contributed by atoms with Gasteiger partial charge in [0.2, 0.25) is 5.91 Å². The molecule has 92 valence electrons. The predicted octanol–water partition coefficient (Wildman–Crippen LogP) is 1.89. The van der Waals surface area contributed by atoms with Crippen LogP contribution in [0.5, 0.6) is 0 Å². The summed E-state index contributed by atoms with van der Waals surface area (Å²) in [5.74, 6) is -0.445. The van der Waals surface area contributed by atoms with E-state index in [-0.39, 0.29) is 0 Å². The number of nitrogens with zero attached hydrogens (tertiary/aromatic N) is 1. The van der Waals surface area contributed by atoms with Gasteiger partial charge in [-0.1, -0.05) is 24.3 Å². The molecule has 2 rings (SSSR count). The van der Waals surface area contributed by atoms with Crippen molar-refractivity contribution in [2.24, 2.45) is 5.73 Å². The molecule has 0 bridgehead atoms. The van der Waals surface area contributed by atoms with Crippen molar-refractivity contribution in [3.8, 4) is 0 Å². The van der Waals surface area contributed by atoms with E-state index in [1.165, 1.54) is 0 Å². The molecular weight excluding hydrogens is 226 g/mol. The van der Waals surface area contributed by atoms with Gasteiger partial charge >= 0.3 is 0 Å². The van der Waals surface area contributed by atoms with Gasteiger partial charge in [0.1, 0.15) is 5.54 Å². The van der Waals surface area contributed by atoms with E-state index in [0.29, 0.717) is 0 Å². The van der Waals surface area contributed by atoms with E-state index in [2.05, 4.69) is 10.3 Å². The fourth-order valence-electron chi connectivity index (χ4n) is 1.74. The maximum absolute atomic E-state index is 11.8. The minimum absolute atomic E-state index is 0.445. The number of carbonyl (C=O) groups is 1. The van der Waals surface area contributed by atoms with Crippen LogP contribution in [0.15, 0.2) is 54.9 Å². The van der Waals surface area contributed by atoms with Gasteiger partial charge in [-0.15, -0.1) is 0 Å². The topological polar surface area (TPSA) is 68.0 Å². The number of amides is 1. The third kappa shape index (κ3) is 2.32. The minimum Gasteiger partial charge on any atom is -0.368 e. The molecule has 4 nitrogen and oxygen atoms in total. The second-order valence-electron chi connectivity index (χ2n) is 4.22. The van der Waals surface area contributed by atoms with E-state index in [0.717, 1.165) is 11.3 Å². The van der Waals surface area contributed by atoms with Crippen LogP contribution < -0.4 is 11.1 Å². The summed E-state index contributed by atoms with van der Waals surface area (Å²) < 4.78 is 0. The Bertz CT molecular complexity index is 527. The summed E-state index contributed by atoms with van der Waals surface area (Å²) in [6.07, 6.45) is 3.30. The summed E-state index contributed by atoms with van der Waals surface area (Å²) >= 11 is 0. The third-order valence-electron chi connectivity index (χ3n) is 2.90. The number of aromatic nitrogens is 1. The van der Waals surface area contributed by atoms with Gasteiger partial charge in [-0.3, -0.25) is 9.78 Å². The SMILES string of the molecule is CC(Nc1ccccc1)(C(N)=O)c1cccnc1. The van der Waals surface area contributed by atoms with Gasteiger partial charge < -0.3 is 11.1 Å². The smallest absolute Gasteiger partial charge is 0.247 e. The van der Waals surface area contributed by atoms with Crippen LogP contribution in [-0.4, -0.2) is 10.9 Å². The minimum atomic E-state index is -0.977. The molecule has 0 fully saturated rings. The molecule has 1 aromatic carbocycles. The lowest BCUT2D eigenvalue weighted by Gasteiger charge is -2.28. The number of para-hydroxylation sites is 1. The Kier molecular flexibility index (Phi) is 3.28. The highest BCUT2D eigenvalue weighted by Gasteiger charge is 2.33. The zero-order chi connectivity index (χ0) is 13.0. The van der Waals surface area contributed by atoms with Crippen LogP contribution in [0.4, 0.5) is 5.69 Å². The predicted molar refractivity (Wildman–Crippen MR) is 70.8 cm³/mol. The third-order valence-corrected chi connectivity index (χ3v) is 2.90. The van der Waals surface area contributed by atoms with Crippen LogP contribution in [-0.2, 0) is 10.3 Å². The molecule has 3 N–H and O–H groups in total. The van der Waals surface area contributed by atoms with Gasteiger partial charge in [0.15, 0.2) is 0 Å². The summed E-state index contributed by atoms with van der Waals surface area (Å²) in [6, 6.07) is 13.1. The van der Waals surface area contributed by atoms with Gasteiger partial charge in [-0.05, 0) is 25.1 Å². The average Bonchev–Trinajstić information content (AvgIpc) is 2.40. The molecule has 0 aliphatic rings. The van der Waals surface area contributed by atoms with Crippen LogP contribution in [0.2, 0.25) is 0 Å². The van der Waals surface area contributed by atoms with Gasteiger partial charge in [-0.2, -0.15) is 0 Å². The Morgan fingerprint density at radius 1 is 1.22 bits per heavy atom. The van der Waals surface area contributed by atoms with Gasteiger partial charge in [-0.25, -0.2) is 0 Å². The van der Waals surface area contributed by atoms with Gasteiger partial charge in [0, 0.05) is 23.6 Å². The maximum Gasteiger partial charge on any atom is 0.247 e. The van der Waals surface area contributed by atoms with Crippen molar-refractivity contribution in [2.75, 3.05) is 5.32 Å². The number of nitrogens with two attached hydrogens (primary N) is 1. The molecule has 0 aliphatic heterocycles. The largest absolute Gasteiger partial charge is 0.368 e. The molecular formula is C14H15N3O. The molecule has 0 saturated heterocycles. The number of pyridine rings is 1. The number of benzene rings is 1. The molecule has 1 amide bonds. The van der Waals surface area contributed by atoms with Crippen molar-refractivity contribution in [1.29, 1.82) is 0 Å². The first-order chi connectivity index (χ1) is 8.63. The maximum atomic E-state index is 11.8. The van der Waals surface area contributed by atoms with Gasteiger partial charge in [0.25, 0.3) is 0 Å². The standard InChI is InChI=1S/C14H15N3O/c1-14(13(15)18,11-6-5-9-16-10-11)17-12-7-3-2-4-8-12/h2-10,17H,1H3,(H2,15,18). The molecule has 0 radical (unpaired) electrons. The van der Waals surface area contributed by atoms with Crippen molar-refractivity contribution >= 4 is 11.6 Å². The number of primary amides is 1. The van der Waals surface area contributed by atoms with Crippen LogP contribution in [0, 0.1) is 0 Å². The molecule has 1 aromatic heterocycles. The van der Waals surface area contributed by atoms with Crippen molar-refractivity contribution in [3.05, 3.63) is 60.4 Å². The molecule has 1 unspecified atom stereocenters. The summed E-state index contributed by atoms with van der Waals surface area (Å²) in [7, 11) is 0. The van der Waals surface area contributed by atoms with Crippen LogP contribution in [0.1, 0.15) is 12.5 Å². The fraction of sp³-hybridized carbons (Fsp3) is 0.143. The number of hydrogen-bond acceptors (Lipinski definition) is 3. The highest BCUT2D eigenvalue weighted by Crippen LogP contribution is 2.25. The van der Waals surface area contributed by atoms with Crippen LogP contribution in [0.3, 0.4) is 0 Å². The lowest BCUT2D eigenvalue weighted by atomic mass is 9.92. The molecule has 0 spiro atoms. The quantitative estimate of drug-likeness (QED) is 0.859. The van der Waals surface area contributed by atoms with Crippen molar-refractivity contribution < 1.29 is 4.79 Å². The molecule has 18 heavy (non-hydrogen) atoms. The second-order valence-corrected chi connectivity index (χ2v) is 4.22. The van der Waals surface area contributed by atoms with E-state index in [9.17, 15) is 4.79 Å². The summed E-state index contributed by atoms with van der Waals surface area (Å²) in [6.45, 7) is 1.75. The lowest BCUT2D eigenvalue weighted by molar-refractivity contribution is -0.122. The van der Waals surface area contributed by atoms with Crippen LogP contribution >= 0.6 is 0 Å². The molecule has 2 aromatic rings. The molecule has 1 atom stereocenters. The number of anilines is 1. The van der Waals surface area contributed by atoms with Crippen molar-refractivity contribution in [3.63, 3.8) is 0 Å². The Morgan fingerprint density at radius 3 is 2.50 bits per heavy atom. The number of hydrogen-bond donors (Lipinski definition) is 2. The van der Waals surface area contributed by atoms with E-state index in [1.807, 2.05) is 36.4 Å². The highest BCUT2D eigenvalue weighted by atomic mass is 16.1. The monoisotopic (exact) mass is 241 g/mol. The highest BCUT2D eigenvalue weighted by molar-refractivity contribution is 5.88. The van der Waals surface area contributed by atoms with E-state index < -0.39 is 11.4 Å². The van der Waals surface area contributed by atoms with E-state index in [4.69, 9.17) is 5.73 Å². The normalized spacial score (nSPS) is 13.6. The van der Waals surface area contributed by atoms with E-state index in [1.54, 1.807) is 25.4 Å². The number of carbonyl (C=O) groups excluding carboxylic acids is 1. The molecule has 4 heteroatoms. The summed E-state index contributed by atoms with van der Waals surface area (Å²) in [5.41, 5.74) is 6.12. The number of nitrogens with one attached hydrogen (secondary N) is 1. The summed E-state index contributed by atoms with van der Waals surface area (Å²) in [4.78, 5) is 15.8. The van der Waals surface area contributed by atoms with Gasteiger partial charge in [0.05, 0.1) is 0 Å². The fourth-order valence-corrected chi connectivity index (χ4v) is 1.74. The first-order valence-electron chi connectivity index (χ1n) is 5.66. The average molecular weight is 241 g/mol. The Balaban J connectivity index is 2.37. The zero-order valence-corrected chi connectivity index (χ0v) is 10.1. The first kappa shape index (κ1) is 12.1. The molecule has 0 aliphatic carbocycles. The number of rotatable bonds is 4. The Morgan fingerprint density at radius 2 is 1.94 bits per heavy atom. The Hall–Kier alpha value is -2.36. The first-order valence-corrected chi connectivity index (χ1v) is 5.66. The van der Waals surface area contributed by atoms with Crippen LogP contribution in [0.25, 0.3) is 0 Å². The lowest BCUT2D eigenvalue weighted by Crippen LogP contribution is -2.45. The molecule has 1 heterocycles. The Labute approximate surface area is 106 Å². The zero-order valence-electron chi connectivity index (χ0n) is 10.1. The van der Waals surface area contributed by atoms with Crippen molar-refractivity contribution in [1.82, 2.24) is 4.98 Å². The summed E-state index contributed by atoms with van der Waals surface area (Å²) in [5, 5.41) is 3.16. The molecule has 0 saturated carbocycles. The second kappa shape index (κ2) is 4.87. The van der Waals surface area contributed by atoms with Crippen molar-refractivity contribution in [2.45, 2.75) is 12.5 Å². The van der Waals surface area contributed by atoms with E-state index >= 15 is 0 Å².